The van der Waals surface area contributed by atoms with E-state index in [2.05, 4.69) is 10.6 Å². The summed E-state index contributed by atoms with van der Waals surface area (Å²) >= 11 is 6.08. The second kappa shape index (κ2) is 12.5. The van der Waals surface area contributed by atoms with E-state index in [4.69, 9.17) is 21.1 Å². The maximum Gasteiger partial charge on any atom is 0.250 e. The van der Waals surface area contributed by atoms with E-state index in [0.717, 1.165) is 5.56 Å². The molecule has 3 aliphatic rings. The van der Waals surface area contributed by atoms with Crippen LogP contribution in [0.2, 0.25) is 5.02 Å². The van der Waals surface area contributed by atoms with Crippen LogP contribution in [0.3, 0.4) is 0 Å². The molecule has 2 bridgehead atoms. The number of likely N-dealkylation sites (tertiary alicyclic amines) is 1. The molecule has 45 heavy (non-hydrogen) atoms. The van der Waals surface area contributed by atoms with Crippen molar-refractivity contribution in [3.8, 4) is 5.75 Å². The summed E-state index contributed by atoms with van der Waals surface area (Å²) < 4.78 is 12.4. The molecule has 3 saturated heterocycles. The van der Waals surface area contributed by atoms with Crippen molar-refractivity contribution < 1.29 is 29.0 Å². The van der Waals surface area contributed by atoms with Crippen molar-refractivity contribution in [2.45, 2.75) is 62.8 Å². The number of anilines is 2. The number of hydrogen-bond acceptors (Lipinski definition) is 6. The third kappa shape index (κ3) is 5.47. The molecule has 0 aromatic heterocycles. The molecule has 0 radical (unpaired) electrons. The highest BCUT2D eigenvalue weighted by Gasteiger charge is 2.79. The highest BCUT2D eigenvalue weighted by Crippen LogP contribution is 2.64. The van der Waals surface area contributed by atoms with Gasteiger partial charge < -0.3 is 30.1 Å². The van der Waals surface area contributed by atoms with Crippen molar-refractivity contribution in [3.05, 3.63) is 89.4 Å². The number of fused-ring (bicyclic) bond motifs is 1. The molecule has 3 fully saturated rings. The molecule has 6 atom stereocenters. The fourth-order valence-electron chi connectivity index (χ4n) is 7.65. The van der Waals surface area contributed by atoms with Crippen LogP contribution in [-0.2, 0) is 25.5 Å². The van der Waals surface area contributed by atoms with Crippen LogP contribution in [0, 0.1) is 11.8 Å². The third-order valence-electron chi connectivity index (χ3n) is 9.61. The number of benzene rings is 3. The first-order valence-electron chi connectivity index (χ1n) is 15.5. The molecular weight excluding hydrogens is 594 g/mol. The number of hydrogen-bond donors (Lipinski definition) is 3. The minimum atomic E-state index is -1.24. The molecule has 1 spiro atoms. The van der Waals surface area contributed by atoms with Crippen molar-refractivity contribution in [2.24, 2.45) is 11.8 Å². The summed E-state index contributed by atoms with van der Waals surface area (Å²) in [5.41, 5.74) is -0.148. The molecule has 236 valence electrons. The van der Waals surface area contributed by atoms with Gasteiger partial charge in [0.25, 0.3) is 0 Å². The summed E-state index contributed by atoms with van der Waals surface area (Å²) in [6.07, 6.45) is 1.79. The van der Waals surface area contributed by atoms with Crippen molar-refractivity contribution in [1.82, 2.24) is 4.90 Å². The molecule has 3 N–H and O–H groups in total. The number of rotatable bonds is 11. The quantitative estimate of drug-likeness (QED) is 0.272. The normalized spacial score (nSPS) is 27.2. The zero-order chi connectivity index (χ0) is 31.8. The molecule has 2 unspecified atom stereocenters. The SMILES string of the molecule is CCOc1ccc(NC(=O)[C@@H]2[C@H]3C(=O)N([C@@H](CO)Cc4ccccc4)C(C(=O)Nc4ccc(Cl)cc4)C34CC[C@@]2(CC)O4)cc1. The van der Waals surface area contributed by atoms with Crippen LogP contribution in [0.5, 0.6) is 5.75 Å². The number of ether oxygens (including phenoxy) is 2. The highest BCUT2D eigenvalue weighted by molar-refractivity contribution is 6.30. The summed E-state index contributed by atoms with van der Waals surface area (Å²) in [7, 11) is 0. The topological polar surface area (TPSA) is 117 Å². The molecule has 3 amide bonds. The Balaban J connectivity index is 1.38. The van der Waals surface area contributed by atoms with E-state index in [1.54, 1.807) is 48.5 Å². The number of carbonyl (C=O) groups excluding carboxylic acids is 3. The lowest BCUT2D eigenvalue weighted by Crippen LogP contribution is -2.57. The van der Waals surface area contributed by atoms with E-state index in [-0.39, 0.29) is 18.4 Å². The van der Waals surface area contributed by atoms with Gasteiger partial charge in [0.15, 0.2) is 0 Å². The van der Waals surface area contributed by atoms with Gasteiger partial charge >= 0.3 is 0 Å². The Morgan fingerprint density at radius 2 is 1.62 bits per heavy atom. The van der Waals surface area contributed by atoms with Crippen LogP contribution < -0.4 is 15.4 Å². The van der Waals surface area contributed by atoms with Gasteiger partial charge in [0.05, 0.1) is 36.7 Å². The Hall–Kier alpha value is -3.92. The minimum Gasteiger partial charge on any atom is -0.494 e. The van der Waals surface area contributed by atoms with Gasteiger partial charge in [-0.25, -0.2) is 0 Å². The first kappa shape index (κ1) is 31.1. The Kier molecular flexibility index (Phi) is 8.61. The first-order chi connectivity index (χ1) is 21.7. The minimum absolute atomic E-state index is 0.330. The predicted octanol–water partition coefficient (Wildman–Crippen LogP) is 5.07. The molecule has 9 nitrogen and oxygen atoms in total. The number of aliphatic hydroxyl groups excluding tert-OH is 1. The number of nitrogens with one attached hydrogen (secondary N) is 2. The van der Waals surface area contributed by atoms with Gasteiger partial charge in [-0.3, -0.25) is 14.4 Å². The molecule has 6 rings (SSSR count). The van der Waals surface area contributed by atoms with E-state index < -0.39 is 41.0 Å². The molecule has 3 aromatic carbocycles. The number of carbonyl (C=O) groups is 3. The van der Waals surface area contributed by atoms with Crippen LogP contribution in [0.15, 0.2) is 78.9 Å². The third-order valence-corrected chi connectivity index (χ3v) is 9.86. The number of nitrogens with zero attached hydrogens (tertiary/aromatic N) is 1. The highest BCUT2D eigenvalue weighted by atomic mass is 35.5. The number of amides is 3. The van der Waals surface area contributed by atoms with Crippen molar-refractivity contribution >= 4 is 40.7 Å². The molecule has 3 heterocycles. The zero-order valence-electron chi connectivity index (χ0n) is 25.4. The zero-order valence-corrected chi connectivity index (χ0v) is 26.1. The summed E-state index contributed by atoms with van der Waals surface area (Å²) in [6, 6.07) is 21.6. The summed E-state index contributed by atoms with van der Waals surface area (Å²) in [5, 5.41) is 17.2. The van der Waals surface area contributed by atoms with Crippen molar-refractivity contribution in [3.63, 3.8) is 0 Å². The maximum absolute atomic E-state index is 14.7. The van der Waals surface area contributed by atoms with Gasteiger partial charge in [-0.1, -0.05) is 48.9 Å². The van der Waals surface area contributed by atoms with Gasteiger partial charge in [-0.15, -0.1) is 0 Å². The predicted molar refractivity (Wildman–Crippen MR) is 171 cm³/mol. The second-order valence-electron chi connectivity index (χ2n) is 12.0. The smallest absolute Gasteiger partial charge is 0.250 e. The van der Waals surface area contributed by atoms with E-state index in [1.165, 1.54) is 4.90 Å². The fraction of sp³-hybridized carbons (Fsp3) is 0.400. The summed E-state index contributed by atoms with van der Waals surface area (Å²) in [4.78, 5) is 44.6. The molecule has 10 heteroatoms. The Bertz CT molecular complexity index is 1550. The average Bonchev–Trinajstić information content (AvgIpc) is 3.66. The van der Waals surface area contributed by atoms with Crippen LogP contribution in [0.1, 0.15) is 38.7 Å². The molecule has 3 aliphatic heterocycles. The summed E-state index contributed by atoms with van der Waals surface area (Å²) in [5.74, 6) is -2.17. The largest absolute Gasteiger partial charge is 0.494 e. The van der Waals surface area contributed by atoms with E-state index >= 15 is 0 Å². The van der Waals surface area contributed by atoms with Gasteiger partial charge in [-0.2, -0.15) is 0 Å². The van der Waals surface area contributed by atoms with E-state index in [1.807, 2.05) is 44.2 Å². The molecule has 0 aliphatic carbocycles. The van der Waals surface area contributed by atoms with Crippen LogP contribution in [-0.4, -0.2) is 64.2 Å². The molecular formula is C35H38ClN3O6. The Morgan fingerprint density at radius 3 is 2.24 bits per heavy atom. The summed E-state index contributed by atoms with van der Waals surface area (Å²) in [6.45, 7) is 4.01. The van der Waals surface area contributed by atoms with Gasteiger partial charge in [0.2, 0.25) is 17.7 Å². The second-order valence-corrected chi connectivity index (χ2v) is 12.5. The van der Waals surface area contributed by atoms with Crippen LogP contribution in [0.4, 0.5) is 11.4 Å². The lowest BCUT2D eigenvalue weighted by Gasteiger charge is -2.37. The van der Waals surface area contributed by atoms with E-state index in [0.29, 0.717) is 54.4 Å². The van der Waals surface area contributed by atoms with E-state index in [9.17, 15) is 19.5 Å². The van der Waals surface area contributed by atoms with Crippen LogP contribution in [0.25, 0.3) is 0 Å². The molecule has 0 saturated carbocycles. The molecule has 3 aromatic rings. The Labute approximate surface area is 267 Å². The Morgan fingerprint density at radius 1 is 0.978 bits per heavy atom. The van der Waals surface area contributed by atoms with Gasteiger partial charge in [0, 0.05) is 16.4 Å². The average molecular weight is 632 g/mol. The monoisotopic (exact) mass is 631 g/mol. The first-order valence-corrected chi connectivity index (χ1v) is 15.9. The fourth-order valence-corrected chi connectivity index (χ4v) is 7.77. The van der Waals surface area contributed by atoms with Gasteiger partial charge in [-0.05, 0) is 86.7 Å². The number of aliphatic hydroxyl groups is 1. The lowest BCUT2D eigenvalue weighted by atomic mass is 9.65. The van der Waals surface area contributed by atoms with Crippen LogP contribution >= 0.6 is 11.6 Å². The lowest BCUT2D eigenvalue weighted by molar-refractivity contribution is -0.148. The van der Waals surface area contributed by atoms with Crippen molar-refractivity contribution in [2.75, 3.05) is 23.8 Å². The maximum atomic E-state index is 14.7. The van der Waals surface area contributed by atoms with Crippen molar-refractivity contribution in [1.29, 1.82) is 0 Å². The van der Waals surface area contributed by atoms with Gasteiger partial charge in [0.1, 0.15) is 17.4 Å². The standard InChI is InChI=1S/C35H38ClN3O6/c1-3-34-18-19-35(45-34)29(28(34)31(41)37-25-14-16-27(17-15-25)44-4-2)33(43)39(26(21-40)20-22-8-6-5-7-9-22)30(35)32(42)38-24-12-10-23(36)11-13-24/h5-17,26,28-30,40H,3-4,18-21H2,1-2H3,(H,37,41)(H,38,42)/t26-,28+,29+,30?,34-,35?/m1/s1. The number of halogens is 1.